The van der Waals surface area contributed by atoms with Crippen LogP contribution in [-0.4, -0.2) is 5.71 Å². The molecule has 0 N–H and O–H groups in total. The molecule has 1 aliphatic rings. The van der Waals surface area contributed by atoms with Crippen molar-refractivity contribution in [2.24, 2.45) is 5.10 Å². The molecular weight excluding hydrogens is 404 g/mol. The van der Waals surface area contributed by atoms with E-state index in [1.54, 1.807) is 11.3 Å². The fourth-order valence-corrected chi connectivity index (χ4v) is 4.06. The zero-order chi connectivity index (χ0) is 16.5. The van der Waals surface area contributed by atoms with Crippen LogP contribution < -0.4 is 5.01 Å². The second kappa shape index (κ2) is 6.71. The first-order valence-corrected chi connectivity index (χ1v) is 9.67. The van der Waals surface area contributed by atoms with Gasteiger partial charge in [0.05, 0.1) is 17.4 Å². The molecule has 0 spiro atoms. The fraction of sp³-hybridized carbons (Fsp3) is 0.105. The van der Waals surface area contributed by atoms with E-state index in [4.69, 9.17) is 16.7 Å². The highest BCUT2D eigenvalue weighted by molar-refractivity contribution is 9.10. The van der Waals surface area contributed by atoms with E-state index in [-0.39, 0.29) is 6.04 Å². The maximum Gasteiger partial charge on any atom is 0.0923 e. The van der Waals surface area contributed by atoms with Gasteiger partial charge in [-0.15, -0.1) is 11.3 Å². The van der Waals surface area contributed by atoms with Crippen LogP contribution in [0.4, 0.5) is 5.69 Å². The molecule has 120 valence electrons. The number of halogens is 2. The largest absolute Gasteiger partial charge is 0.257 e. The van der Waals surface area contributed by atoms with Gasteiger partial charge in [-0.05, 0) is 53.4 Å². The SMILES string of the molecule is Clc1ccc(C2=NN(c3ccc(Br)cc3)[C@@H](c3cccs3)C2)cc1. The Morgan fingerprint density at radius 2 is 1.79 bits per heavy atom. The van der Waals surface area contributed by atoms with Crippen LogP contribution in [0.2, 0.25) is 5.02 Å². The molecule has 2 aromatic carbocycles. The summed E-state index contributed by atoms with van der Waals surface area (Å²) in [6, 6.07) is 20.7. The average molecular weight is 418 g/mol. The van der Waals surface area contributed by atoms with Gasteiger partial charge in [-0.25, -0.2) is 0 Å². The Morgan fingerprint density at radius 3 is 2.46 bits per heavy atom. The number of benzene rings is 2. The van der Waals surface area contributed by atoms with E-state index in [1.165, 1.54) is 4.88 Å². The van der Waals surface area contributed by atoms with Crippen LogP contribution in [-0.2, 0) is 0 Å². The molecule has 0 saturated carbocycles. The second-order valence-electron chi connectivity index (χ2n) is 5.61. The van der Waals surface area contributed by atoms with Crippen LogP contribution >= 0.6 is 38.9 Å². The third-order valence-electron chi connectivity index (χ3n) is 4.05. The molecule has 24 heavy (non-hydrogen) atoms. The van der Waals surface area contributed by atoms with E-state index < -0.39 is 0 Å². The standard InChI is InChI=1S/C19H14BrClN2S/c20-14-5-9-16(10-6-14)23-18(19-2-1-11-24-19)12-17(22-23)13-3-7-15(21)8-4-13/h1-11,18H,12H2/t18-/m1/s1. The van der Waals surface area contributed by atoms with Crippen molar-refractivity contribution in [1.82, 2.24) is 0 Å². The van der Waals surface area contributed by atoms with Gasteiger partial charge >= 0.3 is 0 Å². The summed E-state index contributed by atoms with van der Waals surface area (Å²) in [4.78, 5) is 1.32. The quantitative estimate of drug-likeness (QED) is 0.473. The predicted octanol–water partition coefficient (Wildman–Crippen LogP) is 6.52. The van der Waals surface area contributed by atoms with Gasteiger partial charge < -0.3 is 0 Å². The van der Waals surface area contributed by atoms with Gasteiger partial charge in [-0.1, -0.05) is 45.7 Å². The number of thiophene rings is 1. The molecule has 0 aliphatic carbocycles. The molecule has 0 saturated heterocycles. The lowest BCUT2D eigenvalue weighted by Gasteiger charge is -2.22. The molecule has 2 nitrogen and oxygen atoms in total. The van der Waals surface area contributed by atoms with Crippen LogP contribution in [0.1, 0.15) is 22.9 Å². The zero-order valence-electron chi connectivity index (χ0n) is 12.7. The molecule has 0 radical (unpaired) electrons. The Labute approximate surface area is 158 Å². The van der Waals surface area contributed by atoms with Crippen molar-refractivity contribution < 1.29 is 0 Å². The number of nitrogens with zero attached hydrogens (tertiary/aromatic N) is 2. The van der Waals surface area contributed by atoms with E-state index in [1.807, 2.05) is 24.3 Å². The summed E-state index contributed by atoms with van der Waals surface area (Å²) < 4.78 is 1.07. The molecule has 0 unspecified atom stereocenters. The third-order valence-corrected chi connectivity index (χ3v) is 5.80. The molecule has 2 heterocycles. The van der Waals surface area contributed by atoms with Crippen molar-refractivity contribution in [3.8, 4) is 0 Å². The monoisotopic (exact) mass is 416 g/mol. The van der Waals surface area contributed by atoms with Gasteiger partial charge in [-0.3, -0.25) is 5.01 Å². The first kappa shape index (κ1) is 15.9. The van der Waals surface area contributed by atoms with E-state index in [0.717, 1.165) is 32.9 Å². The first-order chi connectivity index (χ1) is 11.7. The summed E-state index contributed by atoms with van der Waals surface area (Å²) in [5.41, 5.74) is 3.31. The molecule has 3 aromatic rings. The van der Waals surface area contributed by atoms with Crippen molar-refractivity contribution in [3.63, 3.8) is 0 Å². The van der Waals surface area contributed by atoms with Gasteiger partial charge in [0, 0.05) is 20.8 Å². The van der Waals surface area contributed by atoms with E-state index in [9.17, 15) is 0 Å². The number of hydrogen-bond acceptors (Lipinski definition) is 3. The Balaban J connectivity index is 1.73. The van der Waals surface area contributed by atoms with Crippen LogP contribution in [0.25, 0.3) is 0 Å². The summed E-state index contributed by atoms with van der Waals surface area (Å²) in [7, 11) is 0. The van der Waals surface area contributed by atoms with Gasteiger partial charge in [-0.2, -0.15) is 5.10 Å². The van der Waals surface area contributed by atoms with Crippen molar-refractivity contribution in [2.45, 2.75) is 12.5 Å². The van der Waals surface area contributed by atoms with Gasteiger partial charge in [0.15, 0.2) is 0 Å². The second-order valence-corrected chi connectivity index (χ2v) is 7.94. The topological polar surface area (TPSA) is 15.6 Å². The number of anilines is 1. The van der Waals surface area contributed by atoms with Crippen molar-refractivity contribution >= 4 is 50.3 Å². The van der Waals surface area contributed by atoms with Crippen LogP contribution in [0.5, 0.6) is 0 Å². The Morgan fingerprint density at radius 1 is 1.04 bits per heavy atom. The number of hydrazone groups is 1. The van der Waals surface area contributed by atoms with Crippen molar-refractivity contribution in [3.05, 3.63) is 86.0 Å². The maximum atomic E-state index is 6.01. The molecular formula is C19H14BrClN2S. The highest BCUT2D eigenvalue weighted by Gasteiger charge is 2.30. The lowest BCUT2D eigenvalue weighted by atomic mass is 10.0. The lowest BCUT2D eigenvalue weighted by Crippen LogP contribution is -2.17. The van der Waals surface area contributed by atoms with Crippen molar-refractivity contribution in [2.75, 3.05) is 5.01 Å². The summed E-state index contributed by atoms with van der Waals surface area (Å²) in [6.07, 6.45) is 0.887. The predicted molar refractivity (Wildman–Crippen MR) is 106 cm³/mol. The van der Waals surface area contributed by atoms with E-state index in [2.05, 4.69) is 62.7 Å². The number of hydrogen-bond donors (Lipinski definition) is 0. The molecule has 1 atom stereocenters. The van der Waals surface area contributed by atoms with Crippen LogP contribution in [0, 0.1) is 0 Å². The minimum Gasteiger partial charge on any atom is -0.257 e. The lowest BCUT2D eigenvalue weighted by molar-refractivity contribution is 0.722. The summed E-state index contributed by atoms with van der Waals surface area (Å²) in [6.45, 7) is 0. The Bertz CT molecular complexity index is 857. The molecule has 0 amide bonds. The molecule has 0 fully saturated rings. The molecule has 0 bridgehead atoms. The van der Waals surface area contributed by atoms with E-state index in [0.29, 0.717) is 0 Å². The minimum absolute atomic E-state index is 0.233. The molecule has 4 rings (SSSR count). The highest BCUT2D eigenvalue weighted by atomic mass is 79.9. The average Bonchev–Trinajstić information content (AvgIpc) is 3.25. The number of rotatable bonds is 3. The normalized spacial score (nSPS) is 17.2. The molecule has 1 aliphatic heterocycles. The minimum atomic E-state index is 0.233. The smallest absolute Gasteiger partial charge is 0.0923 e. The molecule has 5 heteroatoms. The summed E-state index contributed by atoms with van der Waals surface area (Å²) in [5.74, 6) is 0. The summed E-state index contributed by atoms with van der Waals surface area (Å²) >= 11 is 11.3. The van der Waals surface area contributed by atoms with Gasteiger partial charge in [0.1, 0.15) is 0 Å². The van der Waals surface area contributed by atoms with Crippen LogP contribution in [0.3, 0.4) is 0 Å². The Kier molecular flexibility index (Phi) is 4.44. The molecule has 1 aromatic heterocycles. The summed E-state index contributed by atoms with van der Waals surface area (Å²) in [5, 5.41) is 9.92. The highest BCUT2D eigenvalue weighted by Crippen LogP contribution is 2.38. The zero-order valence-corrected chi connectivity index (χ0v) is 15.9. The van der Waals surface area contributed by atoms with E-state index >= 15 is 0 Å². The van der Waals surface area contributed by atoms with Crippen LogP contribution in [0.15, 0.2) is 75.6 Å². The Hall–Kier alpha value is -1.62. The fourth-order valence-electron chi connectivity index (χ4n) is 2.86. The third kappa shape index (κ3) is 3.14. The van der Waals surface area contributed by atoms with Gasteiger partial charge in [0.2, 0.25) is 0 Å². The first-order valence-electron chi connectivity index (χ1n) is 7.62. The van der Waals surface area contributed by atoms with Gasteiger partial charge in [0.25, 0.3) is 0 Å². The van der Waals surface area contributed by atoms with Crippen molar-refractivity contribution in [1.29, 1.82) is 0 Å². The maximum absolute atomic E-state index is 6.01.